The lowest BCUT2D eigenvalue weighted by Gasteiger charge is -2.25. The Kier molecular flexibility index (Phi) is 7.16. The molecule has 108 valence electrons. The van der Waals surface area contributed by atoms with Gasteiger partial charge in [-0.3, -0.25) is 0 Å². The van der Waals surface area contributed by atoms with Gasteiger partial charge in [0, 0.05) is 0 Å². The van der Waals surface area contributed by atoms with Crippen molar-refractivity contribution in [2.75, 3.05) is 0 Å². The van der Waals surface area contributed by atoms with Crippen LogP contribution in [0, 0.1) is 5.92 Å². The molecular formula is C20H28. The average Bonchev–Trinajstić information content (AvgIpc) is 2.45. The second kappa shape index (κ2) is 8.64. The van der Waals surface area contributed by atoms with E-state index in [0.29, 0.717) is 0 Å². The average molecular weight is 268 g/mol. The van der Waals surface area contributed by atoms with Crippen LogP contribution in [0.15, 0.2) is 58.6 Å². The molecule has 0 fully saturated rings. The highest BCUT2D eigenvalue weighted by Crippen LogP contribution is 2.33. The van der Waals surface area contributed by atoms with Crippen LogP contribution in [0.25, 0.3) is 0 Å². The molecule has 0 heteroatoms. The van der Waals surface area contributed by atoms with Crippen molar-refractivity contribution >= 4 is 0 Å². The lowest BCUT2D eigenvalue weighted by molar-refractivity contribution is 0.448. The molecular weight excluding hydrogens is 240 g/mol. The van der Waals surface area contributed by atoms with E-state index in [-0.39, 0.29) is 0 Å². The van der Waals surface area contributed by atoms with E-state index in [1.807, 2.05) is 13.0 Å². The van der Waals surface area contributed by atoms with Crippen LogP contribution in [0.4, 0.5) is 0 Å². The molecule has 1 aliphatic carbocycles. The molecule has 0 nitrogen and oxygen atoms in total. The molecule has 0 aromatic rings. The van der Waals surface area contributed by atoms with Crippen molar-refractivity contribution in [2.24, 2.45) is 5.92 Å². The van der Waals surface area contributed by atoms with Crippen LogP contribution in [0.3, 0.4) is 0 Å². The first-order chi connectivity index (χ1) is 9.56. The highest BCUT2D eigenvalue weighted by Gasteiger charge is 2.17. The van der Waals surface area contributed by atoms with E-state index in [0.717, 1.165) is 17.9 Å². The van der Waals surface area contributed by atoms with E-state index in [9.17, 15) is 0 Å². The molecule has 0 saturated carbocycles. The van der Waals surface area contributed by atoms with Crippen molar-refractivity contribution in [3.63, 3.8) is 0 Å². The summed E-state index contributed by atoms with van der Waals surface area (Å²) in [5.74, 6) is 0.831. The van der Waals surface area contributed by atoms with Gasteiger partial charge in [-0.05, 0) is 83.4 Å². The van der Waals surface area contributed by atoms with Crippen molar-refractivity contribution in [1.82, 2.24) is 0 Å². The Morgan fingerprint density at radius 1 is 1.35 bits per heavy atom. The largest absolute Gasteiger partial charge is 0.125 e. The van der Waals surface area contributed by atoms with Crippen molar-refractivity contribution in [3.8, 4) is 0 Å². The van der Waals surface area contributed by atoms with Gasteiger partial charge < -0.3 is 0 Å². The van der Waals surface area contributed by atoms with Gasteiger partial charge >= 0.3 is 0 Å². The topological polar surface area (TPSA) is 0 Å². The second-order valence-corrected chi connectivity index (χ2v) is 5.90. The summed E-state index contributed by atoms with van der Waals surface area (Å²) in [7, 11) is 0. The Bertz CT molecular complexity index is 498. The number of hydrogen-bond donors (Lipinski definition) is 0. The van der Waals surface area contributed by atoms with E-state index in [1.165, 1.54) is 31.3 Å². The maximum Gasteiger partial charge on any atom is -0.00207 e. The lowest BCUT2D eigenvalue weighted by atomic mass is 9.81. The molecule has 1 atom stereocenters. The zero-order valence-corrected chi connectivity index (χ0v) is 13.6. The number of rotatable bonds is 5. The van der Waals surface area contributed by atoms with Gasteiger partial charge in [0.15, 0.2) is 0 Å². The monoisotopic (exact) mass is 268 g/mol. The fourth-order valence-corrected chi connectivity index (χ4v) is 2.63. The molecule has 1 rings (SSSR count). The maximum absolute atomic E-state index is 3.62. The number of hydrogen-bond acceptors (Lipinski definition) is 0. The second-order valence-electron chi connectivity index (χ2n) is 5.90. The summed E-state index contributed by atoms with van der Waals surface area (Å²) >= 11 is 0. The summed E-state index contributed by atoms with van der Waals surface area (Å²) in [6, 6.07) is 0. The molecule has 0 radical (unpaired) electrons. The fourth-order valence-electron chi connectivity index (χ4n) is 2.63. The minimum Gasteiger partial charge on any atom is -0.125 e. The van der Waals surface area contributed by atoms with Gasteiger partial charge in [-0.25, -0.2) is 0 Å². The quantitative estimate of drug-likeness (QED) is 0.312. The highest BCUT2D eigenvalue weighted by molar-refractivity contribution is 5.17. The molecule has 0 spiro atoms. The Balaban J connectivity index is 2.53. The Labute approximate surface area is 125 Å². The predicted octanol–water partition coefficient (Wildman–Crippen LogP) is 6.29. The van der Waals surface area contributed by atoms with Crippen LogP contribution in [0.2, 0.25) is 0 Å². The van der Waals surface area contributed by atoms with E-state index in [1.54, 1.807) is 11.1 Å². The maximum atomic E-state index is 3.62. The Hall–Kier alpha value is -1.48. The van der Waals surface area contributed by atoms with Crippen LogP contribution >= 0.6 is 0 Å². The first-order valence-corrected chi connectivity index (χ1v) is 7.63. The first-order valence-electron chi connectivity index (χ1n) is 7.63. The standard InChI is InChI=1S/C20H28/c1-6-16(3)10-8-9-11-19(7-2)15-20-13-12-17(4)18(5)14-20/h7,9-10,20H,1,11-15H2,2-5H3. The van der Waals surface area contributed by atoms with Crippen molar-refractivity contribution in [1.29, 1.82) is 0 Å². The van der Waals surface area contributed by atoms with Crippen molar-refractivity contribution in [3.05, 3.63) is 58.6 Å². The molecule has 0 N–H and O–H groups in total. The van der Waals surface area contributed by atoms with Crippen LogP contribution in [-0.4, -0.2) is 0 Å². The van der Waals surface area contributed by atoms with Gasteiger partial charge in [0.05, 0.1) is 0 Å². The fraction of sp³-hybridized carbons (Fsp3) is 0.500. The smallest absolute Gasteiger partial charge is 0.00207 e. The molecule has 1 unspecified atom stereocenters. The third-order valence-corrected chi connectivity index (χ3v) is 4.27. The van der Waals surface area contributed by atoms with Crippen LogP contribution in [0.5, 0.6) is 0 Å². The minimum atomic E-state index is 0.831. The SMILES string of the molecule is C=C=C(C)C=C=CCC(=CC)CC1CCC(C)=C(C)C1. The molecule has 0 aromatic heterocycles. The Morgan fingerprint density at radius 2 is 2.10 bits per heavy atom. The Morgan fingerprint density at radius 3 is 2.70 bits per heavy atom. The highest BCUT2D eigenvalue weighted by atomic mass is 14.2. The van der Waals surface area contributed by atoms with Crippen molar-refractivity contribution < 1.29 is 0 Å². The normalized spacial score (nSPS) is 19.2. The van der Waals surface area contributed by atoms with Gasteiger partial charge in [-0.2, -0.15) is 0 Å². The zero-order chi connectivity index (χ0) is 15.0. The minimum absolute atomic E-state index is 0.831. The first kappa shape index (κ1) is 16.6. The van der Waals surface area contributed by atoms with E-state index in [2.05, 4.69) is 51.0 Å². The molecule has 0 aromatic carbocycles. The molecule has 0 saturated heterocycles. The van der Waals surface area contributed by atoms with Gasteiger partial charge in [0.1, 0.15) is 0 Å². The number of allylic oxidation sites excluding steroid dienone is 6. The lowest BCUT2D eigenvalue weighted by Crippen LogP contribution is -2.09. The van der Waals surface area contributed by atoms with Gasteiger partial charge in [-0.1, -0.05) is 29.4 Å². The van der Waals surface area contributed by atoms with E-state index >= 15 is 0 Å². The van der Waals surface area contributed by atoms with Crippen LogP contribution in [-0.2, 0) is 0 Å². The molecule has 0 bridgehead atoms. The molecule has 0 heterocycles. The van der Waals surface area contributed by atoms with E-state index in [4.69, 9.17) is 0 Å². The molecule has 0 aliphatic heterocycles. The summed E-state index contributed by atoms with van der Waals surface area (Å²) in [4.78, 5) is 0. The predicted molar refractivity (Wildman–Crippen MR) is 89.7 cm³/mol. The van der Waals surface area contributed by atoms with E-state index < -0.39 is 0 Å². The van der Waals surface area contributed by atoms with Crippen LogP contribution in [0.1, 0.15) is 59.8 Å². The van der Waals surface area contributed by atoms with Crippen LogP contribution < -0.4 is 0 Å². The molecule has 20 heavy (non-hydrogen) atoms. The molecule has 1 aliphatic rings. The summed E-state index contributed by atoms with van der Waals surface area (Å²) in [6.07, 6.45) is 12.5. The van der Waals surface area contributed by atoms with Gasteiger partial charge in [0.25, 0.3) is 0 Å². The summed E-state index contributed by atoms with van der Waals surface area (Å²) in [5.41, 5.74) is 11.8. The summed E-state index contributed by atoms with van der Waals surface area (Å²) in [6.45, 7) is 12.3. The van der Waals surface area contributed by atoms with Crippen molar-refractivity contribution in [2.45, 2.75) is 59.8 Å². The van der Waals surface area contributed by atoms with Gasteiger partial charge in [-0.15, -0.1) is 11.5 Å². The zero-order valence-electron chi connectivity index (χ0n) is 13.6. The third kappa shape index (κ3) is 5.66. The third-order valence-electron chi connectivity index (χ3n) is 4.27. The summed E-state index contributed by atoms with van der Waals surface area (Å²) in [5, 5.41) is 0. The van der Waals surface area contributed by atoms with Gasteiger partial charge in [0.2, 0.25) is 0 Å². The summed E-state index contributed by atoms with van der Waals surface area (Å²) < 4.78 is 0. The molecule has 0 amide bonds.